The number of anilines is 1. The number of benzene rings is 2. The van der Waals surface area contributed by atoms with Gasteiger partial charge in [-0.25, -0.2) is 9.48 Å². The Kier molecular flexibility index (Phi) is 6.08. The number of hydrogen-bond donors (Lipinski definition) is 1. The van der Waals surface area contributed by atoms with Crippen LogP contribution < -0.4 is 11.0 Å². The maximum absolute atomic E-state index is 12.6. The molecule has 0 radical (unpaired) electrons. The summed E-state index contributed by atoms with van der Waals surface area (Å²) in [5, 5.41) is 13.1. The highest BCUT2D eigenvalue weighted by molar-refractivity contribution is 7.98. The molecule has 0 saturated heterocycles. The number of thioether (sulfide) groups is 1. The zero-order chi connectivity index (χ0) is 21.1. The van der Waals surface area contributed by atoms with Gasteiger partial charge in [0.1, 0.15) is 11.6 Å². The van der Waals surface area contributed by atoms with Crippen LogP contribution in [0.4, 0.5) is 5.69 Å². The van der Waals surface area contributed by atoms with Crippen LogP contribution in [0.2, 0.25) is 10.0 Å². The first-order chi connectivity index (χ1) is 14.5. The molecule has 2 heterocycles. The van der Waals surface area contributed by atoms with Crippen molar-refractivity contribution in [3.05, 3.63) is 86.8 Å². The van der Waals surface area contributed by atoms with Crippen LogP contribution in [0.1, 0.15) is 5.56 Å². The van der Waals surface area contributed by atoms with E-state index in [9.17, 15) is 9.59 Å². The third-order valence-corrected chi connectivity index (χ3v) is 5.60. The summed E-state index contributed by atoms with van der Waals surface area (Å²) in [5.41, 5.74) is 1.52. The Bertz CT molecular complexity index is 1270. The van der Waals surface area contributed by atoms with E-state index in [0.717, 1.165) is 10.2 Å². The van der Waals surface area contributed by atoms with Crippen LogP contribution in [0.3, 0.4) is 0 Å². The normalized spacial score (nSPS) is 11.0. The maximum atomic E-state index is 12.6. The van der Waals surface area contributed by atoms with Gasteiger partial charge in [0.2, 0.25) is 5.91 Å². The van der Waals surface area contributed by atoms with Gasteiger partial charge < -0.3 is 5.32 Å². The molecular weight excluding hydrogens is 445 g/mol. The summed E-state index contributed by atoms with van der Waals surface area (Å²) < 4.78 is 2.27. The summed E-state index contributed by atoms with van der Waals surface area (Å²) in [6.45, 7) is -0.234. The molecule has 1 amide bonds. The number of halogens is 2. The van der Waals surface area contributed by atoms with Gasteiger partial charge in [-0.05, 0) is 48.0 Å². The van der Waals surface area contributed by atoms with Crippen molar-refractivity contribution in [1.29, 1.82) is 0 Å². The van der Waals surface area contributed by atoms with E-state index in [1.165, 1.54) is 16.3 Å². The van der Waals surface area contributed by atoms with Crippen LogP contribution in [0, 0.1) is 0 Å². The molecule has 2 aromatic heterocycles. The lowest BCUT2D eigenvalue weighted by Gasteiger charge is -2.04. The molecule has 0 spiro atoms. The van der Waals surface area contributed by atoms with E-state index in [1.54, 1.807) is 36.4 Å². The average molecular weight is 460 g/mol. The van der Waals surface area contributed by atoms with E-state index >= 15 is 0 Å². The Morgan fingerprint density at radius 1 is 1.00 bits per heavy atom. The fourth-order valence-corrected chi connectivity index (χ4v) is 3.84. The fourth-order valence-electron chi connectivity index (χ4n) is 2.71. The Morgan fingerprint density at radius 3 is 2.57 bits per heavy atom. The molecule has 10 heteroatoms. The maximum Gasteiger partial charge on any atom is 0.367 e. The Balaban J connectivity index is 1.47. The smallest absolute Gasteiger partial charge is 0.324 e. The molecule has 0 atom stereocenters. The number of nitrogens with zero attached hydrogens (tertiary/aromatic N) is 4. The molecule has 0 unspecified atom stereocenters. The lowest BCUT2D eigenvalue weighted by Crippen LogP contribution is -2.28. The van der Waals surface area contributed by atoms with Gasteiger partial charge in [-0.3, -0.25) is 4.79 Å². The minimum absolute atomic E-state index is 0.234. The molecule has 152 valence electrons. The fraction of sp³-hybridized carbons (Fsp3) is 0.100. The van der Waals surface area contributed by atoms with Crippen molar-refractivity contribution in [2.75, 3.05) is 5.32 Å². The van der Waals surface area contributed by atoms with Crippen LogP contribution >= 0.6 is 35.0 Å². The first kappa shape index (κ1) is 20.5. The quantitative estimate of drug-likeness (QED) is 0.438. The summed E-state index contributed by atoms with van der Waals surface area (Å²) >= 11 is 13.3. The lowest BCUT2D eigenvalue weighted by molar-refractivity contribution is -0.117. The Hall–Kier alpha value is -2.81. The van der Waals surface area contributed by atoms with E-state index in [4.69, 9.17) is 23.2 Å². The minimum Gasteiger partial charge on any atom is -0.324 e. The number of nitrogens with one attached hydrogen (secondary N) is 1. The van der Waals surface area contributed by atoms with Crippen molar-refractivity contribution in [2.45, 2.75) is 17.3 Å². The molecule has 4 rings (SSSR count). The van der Waals surface area contributed by atoms with Gasteiger partial charge in [0.05, 0.1) is 0 Å². The molecule has 30 heavy (non-hydrogen) atoms. The molecule has 1 N–H and O–H groups in total. The molecule has 0 saturated carbocycles. The van der Waals surface area contributed by atoms with E-state index in [0.29, 0.717) is 32.2 Å². The highest BCUT2D eigenvalue weighted by atomic mass is 35.5. The van der Waals surface area contributed by atoms with Crippen molar-refractivity contribution in [1.82, 2.24) is 19.4 Å². The van der Waals surface area contributed by atoms with Gasteiger partial charge >= 0.3 is 5.69 Å². The van der Waals surface area contributed by atoms with Gasteiger partial charge in [0.15, 0.2) is 5.65 Å². The third-order valence-electron chi connectivity index (χ3n) is 4.12. The standard InChI is InChI=1S/C20H15Cl2N5O2S/c21-14-6-4-13(5-7-14)12-30-19-9-8-17-24-26(20(29)27(17)25-19)11-18(28)23-16-3-1-2-15(22)10-16/h1-10H,11-12H2,(H,23,28). The van der Waals surface area contributed by atoms with Crippen LogP contribution in [-0.2, 0) is 17.1 Å². The van der Waals surface area contributed by atoms with Gasteiger partial charge in [-0.1, -0.05) is 53.2 Å². The molecule has 0 bridgehead atoms. The number of carbonyl (C=O) groups excluding carboxylic acids is 1. The zero-order valence-electron chi connectivity index (χ0n) is 15.5. The molecule has 0 aliphatic heterocycles. The summed E-state index contributed by atoms with van der Waals surface area (Å²) in [4.78, 5) is 24.9. The first-order valence-electron chi connectivity index (χ1n) is 8.87. The zero-order valence-corrected chi connectivity index (χ0v) is 17.8. The second kappa shape index (κ2) is 8.91. The van der Waals surface area contributed by atoms with Crippen molar-refractivity contribution in [3.63, 3.8) is 0 Å². The van der Waals surface area contributed by atoms with Crippen LogP contribution in [0.15, 0.2) is 70.5 Å². The van der Waals surface area contributed by atoms with Gasteiger partial charge in [-0.15, -0.1) is 5.10 Å². The van der Waals surface area contributed by atoms with Crippen molar-refractivity contribution in [3.8, 4) is 0 Å². The molecule has 0 fully saturated rings. The van der Waals surface area contributed by atoms with Crippen LogP contribution in [0.5, 0.6) is 0 Å². The van der Waals surface area contributed by atoms with E-state index < -0.39 is 5.69 Å². The Morgan fingerprint density at radius 2 is 1.80 bits per heavy atom. The number of fused-ring (bicyclic) bond motifs is 1. The minimum atomic E-state index is -0.486. The second-order valence-electron chi connectivity index (χ2n) is 6.36. The highest BCUT2D eigenvalue weighted by Gasteiger charge is 2.13. The number of carbonyl (C=O) groups is 1. The predicted octanol–water partition coefficient (Wildman–Crippen LogP) is 4.13. The molecule has 0 aliphatic rings. The van der Waals surface area contributed by atoms with Crippen molar-refractivity contribution < 1.29 is 4.79 Å². The monoisotopic (exact) mass is 459 g/mol. The van der Waals surface area contributed by atoms with Crippen LogP contribution in [0.25, 0.3) is 5.65 Å². The molecule has 2 aromatic carbocycles. The van der Waals surface area contributed by atoms with E-state index in [-0.39, 0.29) is 12.5 Å². The predicted molar refractivity (Wildman–Crippen MR) is 118 cm³/mol. The summed E-state index contributed by atoms with van der Waals surface area (Å²) in [6.07, 6.45) is 0. The van der Waals surface area contributed by atoms with Gasteiger partial charge in [0.25, 0.3) is 0 Å². The number of hydrogen-bond acceptors (Lipinski definition) is 5. The van der Waals surface area contributed by atoms with Crippen LogP contribution in [-0.4, -0.2) is 25.3 Å². The van der Waals surface area contributed by atoms with Gasteiger partial charge in [-0.2, -0.15) is 9.61 Å². The van der Waals surface area contributed by atoms with E-state index in [2.05, 4.69) is 15.5 Å². The summed E-state index contributed by atoms with van der Waals surface area (Å²) in [5.74, 6) is 0.292. The largest absolute Gasteiger partial charge is 0.367 e. The number of rotatable bonds is 6. The second-order valence-corrected chi connectivity index (χ2v) is 8.22. The van der Waals surface area contributed by atoms with Gasteiger partial charge in [0, 0.05) is 21.5 Å². The SMILES string of the molecule is O=C(Cn1nc2ccc(SCc3ccc(Cl)cc3)nn2c1=O)Nc1cccc(Cl)c1. The molecule has 7 nitrogen and oxygen atoms in total. The van der Waals surface area contributed by atoms with Crippen molar-refractivity contribution in [2.24, 2.45) is 0 Å². The topological polar surface area (TPSA) is 81.3 Å². The number of aromatic nitrogens is 4. The third kappa shape index (κ3) is 4.84. The molecular formula is C20H15Cl2N5O2S. The number of amides is 1. The Labute approximate surface area is 185 Å². The lowest BCUT2D eigenvalue weighted by atomic mass is 10.2. The summed E-state index contributed by atoms with van der Waals surface area (Å²) in [7, 11) is 0. The summed E-state index contributed by atoms with van der Waals surface area (Å²) in [6, 6.07) is 17.8. The molecule has 0 aliphatic carbocycles. The highest BCUT2D eigenvalue weighted by Crippen LogP contribution is 2.21. The van der Waals surface area contributed by atoms with Crippen molar-refractivity contribution >= 4 is 52.2 Å². The average Bonchev–Trinajstić information content (AvgIpc) is 3.02. The van der Waals surface area contributed by atoms with E-state index in [1.807, 2.05) is 24.3 Å². The molecule has 4 aromatic rings. The first-order valence-corrected chi connectivity index (χ1v) is 10.6.